The number of nitrogens with one attached hydrogen (secondary N) is 2. The van der Waals surface area contributed by atoms with Crippen molar-refractivity contribution in [2.45, 2.75) is 20.8 Å². The molecule has 2 N–H and O–H groups in total. The fourth-order valence-electron chi connectivity index (χ4n) is 2.57. The summed E-state index contributed by atoms with van der Waals surface area (Å²) in [6, 6.07) is 12.5. The highest BCUT2D eigenvalue weighted by molar-refractivity contribution is 5.83. The quantitative estimate of drug-likeness (QED) is 0.762. The molecule has 2 aromatic carbocycles. The van der Waals surface area contributed by atoms with Gasteiger partial charge in [0.15, 0.2) is 13.2 Å². The molecule has 0 saturated carbocycles. The Bertz CT molecular complexity index is 864. The normalized spacial score (nSPS) is 9.85. The molecule has 0 fully saturated rings. The molecule has 27 heavy (non-hydrogen) atoms. The second-order valence-electron chi connectivity index (χ2n) is 6.01. The highest BCUT2D eigenvalue weighted by atomic mass is 16.5. The van der Waals surface area contributed by atoms with Crippen LogP contribution in [0, 0.1) is 32.1 Å². The van der Waals surface area contributed by atoms with Gasteiger partial charge in [0.05, 0.1) is 5.56 Å². The first-order valence-electron chi connectivity index (χ1n) is 8.31. The lowest BCUT2D eigenvalue weighted by Gasteiger charge is -2.13. The number of amides is 2. The van der Waals surface area contributed by atoms with E-state index in [2.05, 4.69) is 10.9 Å². The van der Waals surface area contributed by atoms with E-state index in [4.69, 9.17) is 14.7 Å². The molecule has 7 nitrogen and oxygen atoms in total. The lowest BCUT2D eigenvalue weighted by Crippen LogP contribution is -2.45. The zero-order valence-electron chi connectivity index (χ0n) is 15.5. The number of para-hydroxylation sites is 1. The van der Waals surface area contributed by atoms with Crippen LogP contribution < -0.4 is 20.3 Å². The van der Waals surface area contributed by atoms with Gasteiger partial charge >= 0.3 is 0 Å². The molecule has 0 aliphatic carbocycles. The average molecular weight is 367 g/mol. The van der Waals surface area contributed by atoms with Crippen LogP contribution >= 0.6 is 0 Å². The molecule has 0 unspecified atom stereocenters. The Labute approximate surface area is 157 Å². The smallest absolute Gasteiger partial charge is 0.276 e. The Morgan fingerprint density at radius 1 is 0.963 bits per heavy atom. The molecule has 0 aromatic heterocycles. The van der Waals surface area contributed by atoms with Gasteiger partial charge in [-0.25, -0.2) is 0 Å². The largest absolute Gasteiger partial charge is 0.483 e. The third-order valence-electron chi connectivity index (χ3n) is 3.66. The van der Waals surface area contributed by atoms with Crippen molar-refractivity contribution in [3.05, 3.63) is 58.7 Å². The number of nitriles is 1. The molecular weight excluding hydrogens is 346 g/mol. The second-order valence-corrected chi connectivity index (χ2v) is 6.01. The summed E-state index contributed by atoms with van der Waals surface area (Å²) in [7, 11) is 0. The van der Waals surface area contributed by atoms with Gasteiger partial charge in [-0.2, -0.15) is 5.26 Å². The molecule has 7 heteroatoms. The molecule has 2 rings (SSSR count). The maximum atomic E-state index is 11.9. The van der Waals surface area contributed by atoms with Crippen molar-refractivity contribution in [2.24, 2.45) is 0 Å². The van der Waals surface area contributed by atoms with E-state index in [0.717, 1.165) is 16.7 Å². The highest BCUT2D eigenvalue weighted by Gasteiger charge is 2.10. The Hall–Kier alpha value is -3.53. The average Bonchev–Trinajstić information content (AvgIpc) is 2.64. The fraction of sp³-hybridized carbons (Fsp3) is 0.250. The van der Waals surface area contributed by atoms with Crippen LogP contribution in [0.15, 0.2) is 36.4 Å². The highest BCUT2D eigenvalue weighted by Crippen LogP contribution is 2.24. The Balaban J connectivity index is 1.77. The van der Waals surface area contributed by atoms with E-state index in [1.807, 2.05) is 39.0 Å². The van der Waals surface area contributed by atoms with Crippen LogP contribution in [0.4, 0.5) is 0 Å². The number of rotatable bonds is 6. The molecule has 0 saturated heterocycles. The zero-order chi connectivity index (χ0) is 19.8. The predicted molar refractivity (Wildman–Crippen MR) is 99.1 cm³/mol. The van der Waals surface area contributed by atoms with E-state index in [9.17, 15) is 9.59 Å². The number of aryl methyl sites for hydroxylation is 3. The van der Waals surface area contributed by atoms with Gasteiger partial charge in [-0.05, 0) is 44.0 Å². The molecule has 140 valence electrons. The number of nitrogens with zero attached hydrogens (tertiary/aromatic N) is 1. The summed E-state index contributed by atoms with van der Waals surface area (Å²) < 4.78 is 10.8. The van der Waals surface area contributed by atoms with Crippen molar-refractivity contribution in [1.82, 2.24) is 10.9 Å². The number of benzene rings is 2. The van der Waals surface area contributed by atoms with Crippen LogP contribution in [0.5, 0.6) is 11.5 Å². The first-order valence-corrected chi connectivity index (χ1v) is 8.31. The van der Waals surface area contributed by atoms with Gasteiger partial charge in [0.25, 0.3) is 11.8 Å². The monoisotopic (exact) mass is 367 g/mol. The summed E-state index contributed by atoms with van der Waals surface area (Å²) in [6.07, 6.45) is 0. The molecular formula is C20H21N3O4. The summed E-state index contributed by atoms with van der Waals surface area (Å²) in [4.78, 5) is 23.6. The lowest BCUT2D eigenvalue weighted by molar-refractivity contribution is -0.131. The first-order chi connectivity index (χ1) is 12.9. The van der Waals surface area contributed by atoms with Gasteiger partial charge in [0, 0.05) is 0 Å². The Morgan fingerprint density at radius 3 is 2.11 bits per heavy atom. The summed E-state index contributed by atoms with van der Waals surface area (Å²) >= 11 is 0. The van der Waals surface area contributed by atoms with Gasteiger partial charge in [-0.3, -0.25) is 20.4 Å². The topological polar surface area (TPSA) is 100 Å². The number of hydrogen-bond donors (Lipinski definition) is 2. The maximum absolute atomic E-state index is 11.9. The summed E-state index contributed by atoms with van der Waals surface area (Å²) in [5.41, 5.74) is 7.82. The number of hydrogen-bond acceptors (Lipinski definition) is 5. The zero-order valence-corrected chi connectivity index (χ0v) is 15.5. The number of hydrazine groups is 1. The van der Waals surface area contributed by atoms with Gasteiger partial charge in [0.1, 0.15) is 17.6 Å². The van der Waals surface area contributed by atoms with Crippen LogP contribution in [0.1, 0.15) is 22.3 Å². The molecule has 0 spiro atoms. The molecule has 0 aliphatic rings. The minimum atomic E-state index is -0.557. The lowest BCUT2D eigenvalue weighted by atomic mass is 10.1. The summed E-state index contributed by atoms with van der Waals surface area (Å²) in [5.74, 6) is -0.104. The van der Waals surface area contributed by atoms with Gasteiger partial charge in [-0.1, -0.05) is 29.8 Å². The molecule has 0 heterocycles. The van der Waals surface area contributed by atoms with Crippen LogP contribution in [0.25, 0.3) is 0 Å². The second kappa shape index (κ2) is 9.25. The summed E-state index contributed by atoms with van der Waals surface area (Å²) in [5, 5.41) is 8.97. The van der Waals surface area contributed by atoms with Gasteiger partial charge < -0.3 is 9.47 Å². The van der Waals surface area contributed by atoms with Crippen molar-refractivity contribution >= 4 is 11.8 Å². The first kappa shape index (κ1) is 19.8. The molecule has 0 atom stereocenters. The van der Waals surface area contributed by atoms with E-state index in [0.29, 0.717) is 17.1 Å². The predicted octanol–water partition coefficient (Wildman–Crippen LogP) is 2.09. The molecule has 0 aliphatic heterocycles. The number of ether oxygens (including phenoxy) is 2. The third-order valence-corrected chi connectivity index (χ3v) is 3.66. The van der Waals surface area contributed by atoms with Crippen LogP contribution in [-0.2, 0) is 9.59 Å². The SMILES string of the molecule is Cc1cc(C)c(OCC(=O)NNC(=O)COc2ccccc2C#N)c(C)c1. The van der Waals surface area contributed by atoms with Crippen molar-refractivity contribution in [3.8, 4) is 17.6 Å². The van der Waals surface area contributed by atoms with E-state index in [1.165, 1.54) is 0 Å². The van der Waals surface area contributed by atoms with Crippen LogP contribution in [-0.4, -0.2) is 25.0 Å². The van der Waals surface area contributed by atoms with Crippen LogP contribution in [0.3, 0.4) is 0 Å². The van der Waals surface area contributed by atoms with E-state index in [-0.39, 0.29) is 13.2 Å². The Kier molecular flexibility index (Phi) is 6.78. The van der Waals surface area contributed by atoms with Crippen molar-refractivity contribution in [2.75, 3.05) is 13.2 Å². The minimum Gasteiger partial charge on any atom is -0.483 e. The number of carbonyl (C=O) groups excluding carboxylic acids is 2. The van der Waals surface area contributed by atoms with Crippen molar-refractivity contribution in [3.63, 3.8) is 0 Å². The van der Waals surface area contributed by atoms with E-state index >= 15 is 0 Å². The summed E-state index contributed by atoms with van der Waals surface area (Å²) in [6.45, 7) is 5.24. The van der Waals surface area contributed by atoms with E-state index in [1.54, 1.807) is 24.3 Å². The van der Waals surface area contributed by atoms with Crippen molar-refractivity contribution in [1.29, 1.82) is 5.26 Å². The number of carbonyl (C=O) groups is 2. The molecule has 0 bridgehead atoms. The van der Waals surface area contributed by atoms with E-state index < -0.39 is 11.8 Å². The minimum absolute atomic E-state index is 0.233. The Morgan fingerprint density at radius 2 is 1.52 bits per heavy atom. The van der Waals surface area contributed by atoms with Gasteiger partial charge in [0.2, 0.25) is 0 Å². The standard InChI is InChI=1S/C20H21N3O4/c1-13-8-14(2)20(15(3)9-13)27-12-19(25)23-22-18(24)11-26-17-7-5-4-6-16(17)10-21/h4-9H,11-12H2,1-3H3,(H,22,24)(H,23,25). The third kappa shape index (κ3) is 5.75. The molecule has 2 aromatic rings. The van der Waals surface area contributed by atoms with Crippen LogP contribution in [0.2, 0.25) is 0 Å². The fourth-order valence-corrected chi connectivity index (χ4v) is 2.57. The van der Waals surface area contributed by atoms with Gasteiger partial charge in [-0.15, -0.1) is 0 Å². The maximum Gasteiger partial charge on any atom is 0.276 e. The van der Waals surface area contributed by atoms with Crippen molar-refractivity contribution < 1.29 is 19.1 Å². The molecule has 0 radical (unpaired) electrons. The molecule has 2 amide bonds.